The highest BCUT2D eigenvalue weighted by Gasteiger charge is 2.28. The molecule has 6 rings (SSSR count). The van der Waals surface area contributed by atoms with Gasteiger partial charge >= 0.3 is 5.69 Å². The van der Waals surface area contributed by atoms with Crippen LogP contribution in [-0.4, -0.2) is 43.9 Å². The lowest BCUT2D eigenvalue weighted by Crippen LogP contribution is -2.43. The minimum Gasteiger partial charge on any atom is -0.307 e. The van der Waals surface area contributed by atoms with Crippen LogP contribution in [0.3, 0.4) is 0 Å². The molecule has 5 aromatic rings. The van der Waals surface area contributed by atoms with Crippen LogP contribution in [0.15, 0.2) is 94.8 Å². The van der Waals surface area contributed by atoms with Crippen molar-refractivity contribution in [2.45, 2.75) is 32.0 Å². The van der Waals surface area contributed by atoms with Crippen LogP contribution >= 0.6 is 11.6 Å². The number of fused-ring (bicyclic) bond motifs is 1. The summed E-state index contributed by atoms with van der Waals surface area (Å²) in [5, 5.41) is 9.38. The van der Waals surface area contributed by atoms with Gasteiger partial charge in [-0.2, -0.15) is 5.10 Å². The third-order valence-corrected chi connectivity index (χ3v) is 8.33. The van der Waals surface area contributed by atoms with Crippen molar-refractivity contribution < 1.29 is 4.39 Å². The number of piperidine rings is 1. The molecule has 2 aromatic heterocycles. The van der Waals surface area contributed by atoms with Crippen molar-refractivity contribution in [1.29, 1.82) is 0 Å². The third kappa shape index (κ3) is 6.23. The van der Waals surface area contributed by atoms with Gasteiger partial charge in [0, 0.05) is 42.5 Å². The lowest BCUT2D eigenvalue weighted by atomic mass is 9.85. The first-order chi connectivity index (χ1) is 20.4. The van der Waals surface area contributed by atoms with Crippen LogP contribution in [-0.2, 0) is 13.1 Å². The fraction of sp³-hybridized carbons (Fsp3) is 0.281. The number of nitrogens with one attached hydrogen (secondary N) is 2. The average Bonchev–Trinajstić information content (AvgIpc) is 3.48. The Kier molecular flexibility index (Phi) is 8.32. The van der Waals surface area contributed by atoms with Gasteiger partial charge in [-0.3, -0.25) is 9.36 Å². The van der Waals surface area contributed by atoms with Gasteiger partial charge in [0.1, 0.15) is 5.82 Å². The highest BCUT2D eigenvalue weighted by atomic mass is 35.5. The van der Waals surface area contributed by atoms with Gasteiger partial charge in [0.05, 0.1) is 22.8 Å². The smallest absolute Gasteiger partial charge is 0.307 e. The normalized spacial score (nSPS) is 15.3. The number of halogens is 2. The Hall–Kier alpha value is -4.05. The van der Waals surface area contributed by atoms with E-state index >= 15 is 0 Å². The first-order valence-corrected chi connectivity index (χ1v) is 14.5. The van der Waals surface area contributed by atoms with Crippen LogP contribution in [0.4, 0.5) is 4.39 Å². The van der Waals surface area contributed by atoms with Crippen molar-refractivity contribution in [1.82, 2.24) is 29.5 Å². The molecule has 8 nitrogen and oxygen atoms in total. The molecule has 0 spiro atoms. The zero-order valence-electron chi connectivity index (χ0n) is 23.0. The molecular weight excluding hydrogens is 555 g/mol. The number of likely N-dealkylation sites (tertiary alicyclic amines) is 1. The summed E-state index contributed by atoms with van der Waals surface area (Å²) in [7, 11) is 0. The van der Waals surface area contributed by atoms with Crippen molar-refractivity contribution in [3.05, 3.63) is 128 Å². The number of hydrogen-bond donors (Lipinski definition) is 2. The molecule has 1 aliphatic rings. The fourth-order valence-electron chi connectivity index (χ4n) is 5.82. The van der Waals surface area contributed by atoms with Crippen molar-refractivity contribution in [3.8, 4) is 5.69 Å². The second-order valence-corrected chi connectivity index (χ2v) is 11.2. The monoisotopic (exact) mass is 586 g/mol. The van der Waals surface area contributed by atoms with Gasteiger partial charge in [-0.1, -0.05) is 41.9 Å². The number of rotatable bonds is 9. The first kappa shape index (κ1) is 28.1. The number of benzene rings is 3. The summed E-state index contributed by atoms with van der Waals surface area (Å²) in [6, 6.07) is 21.4. The molecule has 1 atom stereocenters. The van der Waals surface area contributed by atoms with Gasteiger partial charge < -0.3 is 15.2 Å². The number of aromatic nitrogens is 4. The van der Waals surface area contributed by atoms with Crippen molar-refractivity contribution in [2.75, 3.05) is 19.6 Å². The fourth-order valence-corrected chi connectivity index (χ4v) is 6.00. The van der Waals surface area contributed by atoms with Crippen LogP contribution in [0.2, 0.25) is 5.02 Å². The van der Waals surface area contributed by atoms with Crippen LogP contribution < -0.4 is 16.6 Å². The van der Waals surface area contributed by atoms with Gasteiger partial charge in [-0.05, 0) is 79.9 Å². The minimum atomic E-state index is -0.382. The number of hydrogen-bond acceptors (Lipinski definition) is 5. The molecule has 0 saturated carbocycles. The molecule has 0 aliphatic carbocycles. The van der Waals surface area contributed by atoms with E-state index in [4.69, 9.17) is 11.6 Å². The molecule has 3 aromatic carbocycles. The predicted octanol–water partition coefficient (Wildman–Crippen LogP) is 4.91. The van der Waals surface area contributed by atoms with Crippen molar-refractivity contribution in [3.63, 3.8) is 0 Å². The van der Waals surface area contributed by atoms with Crippen molar-refractivity contribution in [2.24, 2.45) is 5.92 Å². The van der Waals surface area contributed by atoms with Crippen LogP contribution in [0.25, 0.3) is 16.6 Å². The summed E-state index contributed by atoms with van der Waals surface area (Å²) in [5.41, 5.74) is 2.89. The summed E-state index contributed by atoms with van der Waals surface area (Å²) >= 11 is 6.15. The van der Waals surface area contributed by atoms with E-state index in [1.54, 1.807) is 28.9 Å². The summed E-state index contributed by atoms with van der Waals surface area (Å²) in [5.74, 6) is 0.0792. The summed E-state index contributed by atoms with van der Waals surface area (Å²) in [6.45, 7) is 3.25. The lowest BCUT2D eigenvalue weighted by molar-refractivity contribution is 0.153. The Morgan fingerprint density at radius 3 is 2.57 bits per heavy atom. The highest BCUT2D eigenvalue weighted by molar-refractivity contribution is 6.30. The molecule has 1 fully saturated rings. The molecule has 0 amide bonds. The van der Waals surface area contributed by atoms with E-state index in [0.29, 0.717) is 41.5 Å². The maximum atomic E-state index is 13.8. The molecule has 0 radical (unpaired) electrons. The molecule has 3 heterocycles. The minimum absolute atomic E-state index is 0.0354. The summed E-state index contributed by atoms with van der Waals surface area (Å²) in [6.07, 6.45) is 5.69. The van der Waals surface area contributed by atoms with Crippen LogP contribution in [0.5, 0.6) is 0 Å². The van der Waals surface area contributed by atoms with E-state index in [9.17, 15) is 14.0 Å². The number of H-pyrrole nitrogens is 1. The SMILES string of the molecule is O=c1[nH]c2ccccc2c(=O)n1CCN1CCC(C(NCc2cnn(-c3cccc(Cl)c3)c2)c2ccc(F)cc2)CC1. The predicted molar refractivity (Wildman–Crippen MR) is 163 cm³/mol. The topological polar surface area (TPSA) is 87.9 Å². The number of aromatic amines is 1. The van der Waals surface area contributed by atoms with E-state index in [-0.39, 0.29) is 23.1 Å². The van der Waals surface area contributed by atoms with Gasteiger partial charge in [0.2, 0.25) is 0 Å². The van der Waals surface area contributed by atoms with Crippen LogP contribution in [0.1, 0.15) is 30.0 Å². The van der Waals surface area contributed by atoms with Crippen molar-refractivity contribution >= 4 is 22.5 Å². The lowest BCUT2D eigenvalue weighted by Gasteiger charge is -2.36. The Bertz CT molecular complexity index is 1790. The molecule has 1 saturated heterocycles. The van der Waals surface area contributed by atoms with Gasteiger partial charge in [-0.15, -0.1) is 0 Å². The van der Waals surface area contributed by atoms with E-state index in [1.165, 1.54) is 16.7 Å². The zero-order chi connectivity index (χ0) is 29.1. The first-order valence-electron chi connectivity index (χ1n) is 14.2. The average molecular weight is 587 g/mol. The van der Waals surface area contributed by atoms with Gasteiger partial charge in [0.15, 0.2) is 0 Å². The zero-order valence-corrected chi connectivity index (χ0v) is 23.8. The van der Waals surface area contributed by atoms with E-state index in [1.807, 2.05) is 48.8 Å². The second kappa shape index (κ2) is 12.4. The molecule has 1 aliphatic heterocycles. The summed E-state index contributed by atoms with van der Waals surface area (Å²) < 4.78 is 16.9. The maximum absolute atomic E-state index is 13.8. The number of nitrogens with zero attached hydrogens (tertiary/aromatic N) is 4. The summed E-state index contributed by atoms with van der Waals surface area (Å²) in [4.78, 5) is 30.6. The molecule has 42 heavy (non-hydrogen) atoms. The second-order valence-electron chi connectivity index (χ2n) is 10.8. The molecule has 10 heteroatoms. The molecular formula is C32H32ClFN6O2. The highest BCUT2D eigenvalue weighted by Crippen LogP contribution is 2.31. The number of para-hydroxylation sites is 1. The van der Waals surface area contributed by atoms with E-state index in [2.05, 4.69) is 20.3 Å². The maximum Gasteiger partial charge on any atom is 0.328 e. The molecule has 1 unspecified atom stereocenters. The van der Waals surface area contributed by atoms with Gasteiger partial charge in [-0.25, -0.2) is 13.9 Å². The Balaban J connectivity index is 1.11. The van der Waals surface area contributed by atoms with E-state index in [0.717, 1.165) is 42.7 Å². The molecule has 0 bridgehead atoms. The third-order valence-electron chi connectivity index (χ3n) is 8.10. The quantitative estimate of drug-likeness (QED) is 0.256. The van der Waals surface area contributed by atoms with E-state index < -0.39 is 0 Å². The standard InChI is InChI=1S/C32H32ClFN6O2/c33-25-4-3-5-27(18-25)40-21-22(20-36-40)19-35-30(23-8-10-26(34)11-9-23)24-12-14-38(15-13-24)16-17-39-31(41)28-6-1-2-7-29(28)37-32(39)42/h1-11,18,20-21,24,30,35H,12-17,19H2,(H,37,42). The van der Waals surface area contributed by atoms with Crippen LogP contribution in [0, 0.1) is 11.7 Å². The Morgan fingerprint density at radius 1 is 1.00 bits per heavy atom. The molecule has 2 N–H and O–H groups in total. The Morgan fingerprint density at radius 2 is 1.79 bits per heavy atom. The van der Waals surface area contributed by atoms with Gasteiger partial charge in [0.25, 0.3) is 5.56 Å². The molecule has 216 valence electrons. The largest absolute Gasteiger partial charge is 0.328 e. The Labute approximate surface area is 247 Å².